The standard InChI is InChI=1S/C53H33NS/c1-3-15-35(16-4-1)54(36-17-5-2-6-18-36)37-28-30-43-46-33-45(38-19-7-8-23-44(38)52(46)55-51(43)32-37)34-27-29-42-41-22-11-14-26-49(41)53(50(42)31-34)47-24-12-9-20-39(47)40-21-10-13-25-48(40)53/h1-33H. The van der Waals surface area contributed by atoms with Gasteiger partial charge >= 0.3 is 0 Å². The van der Waals surface area contributed by atoms with E-state index in [0.717, 1.165) is 17.1 Å². The van der Waals surface area contributed by atoms with Gasteiger partial charge in [0.25, 0.3) is 0 Å². The summed E-state index contributed by atoms with van der Waals surface area (Å²) < 4.78 is 2.62. The van der Waals surface area contributed by atoms with Gasteiger partial charge in [0, 0.05) is 42.6 Å². The average Bonchev–Trinajstić information content (AvgIpc) is 3.88. The lowest BCUT2D eigenvalue weighted by Crippen LogP contribution is -2.25. The smallest absolute Gasteiger partial charge is 0.0725 e. The molecule has 1 nitrogen and oxygen atoms in total. The van der Waals surface area contributed by atoms with Crippen molar-refractivity contribution in [3.8, 4) is 33.4 Å². The number of thiophene rings is 1. The zero-order chi connectivity index (χ0) is 36.1. The predicted octanol–water partition coefficient (Wildman–Crippen LogP) is 14.7. The van der Waals surface area contributed by atoms with Crippen LogP contribution in [0.15, 0.2) is 200 Å². The average molecular weight is 716 g/mol. The highest BCUT2D eigenvalue weighted by atomic mass is 32.1. The van der Waals surface area contributed by atoms with E-state index in [0.29, 0.717) is 0 Å². The van der Waals surface area contributed by atoms with E-state index in [1.165, 1.54) is 86.6 Å². The number of rotatable bonds is 4. The van der Waals surface area contributed by atoms with Gasteiger partial charge in [0.1, 0.15) is 0 Å². The molecule has 0 atom stereocenters. The summed E-state index contributed by atoms with van der Waals surface area (Å²) in [5, 5.41) is 5.19. The van der Waals surface area contributed by atoms with Crippen LogP contribution in [0.2, 0.25) is 0 Å². The fourth-order valence-electron chi connectivity index (χ4n) is 9.83. The molecule has 2 aliphatic rings. The van der Waals surface area contributed by atoms with Crippen LogP contribution in [-0.4, -0.2) is 0 Å². The molecule has 9 aromatic carbocycles. The molecule has 1 aromatic heterocycles. The SMILES string of the molecule is c1ccc(N(c2ccccc2)c2ccc3c(c2)sc2c4ccccc4c(-c4ccc5c(c4)C4(c6ccccc6-c6ccccc64)c4ccccc4-5)cc32)cc1. The van der Waals surface area contributed by atoms with Crippen LogP contribution in [0.5, 0.6) is 0 Å². The third-order valence-electron chi connectivity index (χ3n) is 12.1. The Hall–Kier alpha value is -6.74. The lowest BCUT2D eigenvalue weighted by molar-refractivity contribution is 0.794. The van der Waals surface area contributed by atoms with E-state index in [1.807, 2.05) is 11.3 Å². The van der Waals surface area contributed by atoms with Gasteiger partial charge in [0.05, 0.1) is 5.41 Å². The van der Waals surface area contributed by atoms with E-state index >= 15 is 0 Å². The first-order valence-electron chi connectivity index (χ1n) is 19.0. The Labute approximate surface area is 324 Å². The van der Waals surface area contributed by atoms with Crippen molar-refractivity contribution in [3.63, 3.8) is 0 Å². The zero-order valence-electron chi connectivity index (χ0n) is 29.9. The molecule has 0 saturated heterocycles. The van der Waals surface area contributed by atoms with Crippen molar-refractivity contribution in [2.75, 3.05) is 4.90 Å². The summed E-state index contributed by atoms with van der Waals surface area (Å²) in [4.78, 5) is 2.35. The molecule has 0 radical (unpaired) electrons. The summed E-state index contributed by atoms with van der Waals surface area (Å²) in [5.41, 5.74) is 16.4. The minimum absolute atomic E-state index is 0.371. The maximum atomic E-state index is 2.52. The third-order valence-corrected chi connectivity index (χ3v) is 13.3. The van der Waals surface area contributed by atoms with Crippen molar-refractivity contribution in [1.82, 2.24) is 0 Å². The maximum Gasteiger partial charge on any atom is 0.0725 e. The third kappa shape index (κ3) is 4.23. The summed E-state index contributed by atoms with van der Waals surface area (Å²) in [6.45, 7) is 0. The highest BCUT2D eigenvalue weighted by Crippen LogP contribution is 2.63. The lowest BCUT2D eigenvalue weighted by Gasteiger charge is -2.30. The number of hydrogen-bond acceptors (Lipinski definition) is 2. The van der Waals surface area contributed by atoms with Gasteiger partial charge in [-0.25, -0.2) is 0 Å². The van der Waals surface area contributed by atoms with Gasteiger partial charge in [-0.15, -0.1) is 11.3 Å². The lowest BCUT2D eigenvalue weighted by atomic mass is 9.70. The van der Waals surface area contributed by atoms with Crippen LogP contribution in [-0.2, 0) is 5.41 Å². The Morgan fingerprint density at radius 3 is 1.47 bits per heavy atom. The maximum absolute atomic E-state index is 2.52. The van der Waals surface area contributed by atoms with Gasteiger partial charge in [0.15, 0.2) is 0 Å². The quantitative estimate of drug-likeness (QED) is 0.175. The number of nitrogens with zero attached hydrogens (tertiary/aromatic N) is 1. The van der Waals surface area contributed by atoms with Crippen molar-refractivity contribution < 1.29 is 0 Å². The van der Waals surface area contributed by atoms with Gasteiger partial charge in [-0.2, -0.15) is 0 Å². The molecule has 0 fully saturated rings. The first kappa shape index (κ1) is 30.7. The zero-order valence-corrected chi connectivity index (χ0v) is 30.7. The van der Waals surface area contributed by atoms with E-state index < -0.39 is 0 Å². The summed E-state index contributed by atoms with van der Waals surface area (Å²) >= 11 is 1.90. The van der Waals surface area contributed by atoms with Crippen LogP contribution >= 0.6 is 11.3 Å². The number of hydrogen-bond donors (Lipinski definition) is 0. The monoisotopic (exact) mass is 715 g/mol. The van der Waals surface area contributed by atoms with E-state index in [9.17, 15) is 0 Å². The van der Waals surface area contributed by atoms with Crippen LogP contribution in [0.25, 0.3) is 64.3 Å². The molecule has 0 amide bonds. The fraction of sp³-hybridized carbons (Fsp3) is 0.0189. The van der Waals surface area contributed by atoms with E-state index in [1.54, 1.807) is 0 Å². The van der Waals surface area contributed by atoms with Crippen LogP contribution in [0, 0.1) is 0 Å². The number of anilines is 3. The van der Waals surface area contributed by atoms with E-state index in [4.69, 9.17) is 0 Å². The molecule has 0 N–H and O–H groups in total. The molecule has 10 aromatic rings. The second-order valence-electron chi connectivity index (χ2n) is 14.8. The second-order valence-corrected chi connectivity index (χ2v) is 15.8. The highest BCUT2D eigenvalue weighted by molar-refractivity contribution is 7.26. The number of para-hydroxylation sites is 2. The molecule has 0 saturated carbocycles. The van der Waals surface area contributed by atoms with E-state index in [2.05, 4.69) is 205 Å². The molecule has 0 unspecified atom stereocenters. The van der Waals surface area contributed by atoms with Crippen molar-refractivity contribution in [2.24, 2.45) is 0 Å². The van der Waals surface area contributed by atoms with E-state index in [-0.39, 0.29) is 5.41 Å². The van der Waals surface area contributed by atoms with Crippen molar-refractivity contribution in [1.29, 1.82) is 0 Å². The molecule has 2 heteroatoms. The van der Waals surface area contributed by atoms with Crippen LogP contribution in [0.4, 0.5) is 17.1 Å². The summed E-state index contributed by atoms with van der Waals surface area (Å²) in [6.07, 6.45) is 0. The van der Waals surface area contributed by atoms with Crippen molar-refractivity contribution in [2.45, 2.75) is 5.41 Å². The highest BCUT2D eigenvalue weighted by Gasteiger charge is 2.51. The Balaban J connectivity index is 1.08. The van der Waals surface area contributed by atoms with Crippen molar-refractivity contribution in [3.05, 3.63) is 222 Å². The normalized spacial score (nSPS) is 13.2. The first-order valence-corrected chi connectivity index (χ1v) is 19.8. The minimum Gasteiger partial charge on any atom is -0.310 e. The molecule has 0 aliphatic heterocycles. The van der Waals surface area contributed by atoms with Gasteiger partial charge in [-0.05, 0) is 110 Å². The molecule has 55 heavy (non-hydrogen) atoms. The topological polar surface area (TPSA) is 3.24 Å². The predicted molar refractivity (Wildman–Crippen MR) is 233 cm³/mol. The van der Waals surface area contributed by atoms with Gasteiger partial charge in [0.2, 0.25) is 0 Å². The Bertz CT molecular complexity index is 3050. The summed E-state index contributed by atoms with van der Waals surface area (Å²) in [6, 6.07) is 74.3. The summed E-state index contributed by atoms with van der Waals surface area (Å²) in [7, 11) is 0. The van der Waals surface area contributed by atoms with Crippen molar-refractivity contribution >= 4 is 59.3 Å². The van der Waals surface area contributed by atoms with Gasteiger partial charge in [-0.3, -0.25) is 0 Å². The Morgan fingerprint density at radius 2 is 0.855 bits per heavy atom. The minimum atomic E-state index is -0.371. The first-order chi connectivity index (χ1) is 27.3. The molecule has 256 valence electrons. The molecule has 0 bridgehead atoms. The summed E-state index contributed by atoms with van der Waals surface area (Å²) in [5.74, 6) is 0. The molecule has 1 spiro atoms. The van der Waals surface area contributed by atoms with Crippen LogP contribution in [0.1, 0.15) is 22.3 Å². The van der Waals surface area contributed by atoms with Gasteiger partial charge in [-0.1, -0.05) is 152 Å². The Kier molecular flexibility index (Phi) is 6.49. The number of fused-ring (bicyclic) bond motifs is 15. The second kappa shape index (κ2) is 11.6. The molecule has 2 aliphatic carbocycles. The van der Waals surface area contributed by atoms with Gasteiger partial charge < -0.3 is 4.90 Å². The number of benzene rings is 9. The largest absolute Gasteiger partial charge is 0.310 e. The fourth-order valence-corrected chi connectivity index (χ4v) is 11.1. The van der Waals surface area contributed by atoms with Crippen LogP contribution in [0.3, 0.4) is 0 Å². The van der Waals surface area contributed by atoms with Crippen LogP contribution < -0.4 is 4.90 Å². The Morgan fingerprint density at radius 1 is 0.327 bits per heavy atom. The molecular weight excluding hydrogens is 683 g/mol. The molecular formula is C53H33NS. The molecule has 12 rings (SSSR count). The molecule has 1 heterocycles.